The van der Waals surface area contributed by atoms with Crippen molar-refractivity contribution in [2.24, 2.45) is 5.73 Å². The van der Waals surface area contributed by atoms with Crippen LogP contribution in [-0.2, 0) is 6.67 Å². The standard InChI is InChI=1S/C22H17FN4O2S/c1-12-15(21-25-10-17-19(27-21)16(11-30-17)20(24)28)8-7-13(9-23)18(12)22(29)26-14-5-3-2-4-6-14/h2-8,10-11H,9H2,1H3,(H2,24,28)(H,26,29). The van der Waals surface area contributed by atoms with Gasteiger partial charge in [-0.25, -0.2) is 14.4 Å². The number of para-hydroxylation sites is 1. The van der Waals surface area contributed by atoms with Crippen LogP contribution < -0.4 is 11.1 Å². The predicted molar refractivity (Wildman–Crippen MR) is 115 cm³/mol. The van der Waals surface area contributed by atoms with Crippen LogP contribution in [0.15, 0.2) is 54.0 Å². The molecule has 2 aromatic heterocycles. The second kappa shape index (κ2) is 8.00. The second-order valence-electron chi connectivity index (χ2n) is 6.65. The van der Waals surface area contributed by atoms with Crippen LogP contribution >= 0.6 is 11.3 Å². The summed E-state index contributed by atoms with van der Waals surface area (Å²) >= 11 is 1.33. The third-order valence-electron chi connectivity index (χ3n) is 4.77. The molecular formula is C22H17FN4O2S. The minimum Gasteiger partial charge on any atom is -0.366 e. The van der Waals surface area contributed by atoms with Crippen LogP contribution in [0.4, 0.5) is 10.1 Å². The molecule has 4 rings (SSSR count). The third kappa shape index (κ3) is 3.53. The third-order valence-corrected chi connectivity index (χ3v) is 5.68. The Balaban J connectivity index is 1.81. The zero-order chi connectivity index (χ0) is 21.3. The number of rotatable bonds is 5. The van der Waals surface area contributed by atoms with Crippen molar-refractivity contribution in [2.45, 2.75) is 13.6 Å². The summed E-state index contributed by atoms with van der Waals surface area (Å²) in [5.41, 5.74) is 8.46. The number of nitrogens with two attached hydrogens (primary N) is 1. The molecule has 0 bridgehead atoms. The number of alkyl halides is 1. The lowest BCUT2D eigenvalue weighted by Gasteiger charge is -2.14. The lowest BCUT2D eigenvalue weighted by Crippen LogP contribution is -2.16. The molecular weight excluding hydrogens is 403 g/mol. The lowest BCUT2D eigenvalue weighted by molar-refractivity contribution is 0.0999. The average Bonchev–Trinajstić information content (AvgIpc) is 3.17. The summed E-state index contributed by atoms with van der Waals surface area (Å²) in [5.74, 6) is -0.652. The molecule has 3 N–H and O–H groups in total. The van der Waals surface area contributed by atoms with Crippen molar-refractivity contribution in [3.05, 3.63) is 76.3 Å². The van der Waals surface area contributed by atoms with E-state index in [0.717, 1.165) is 4.70 Å². The Morgan fingerprint density at radius 2 is 1.93 bits per heavy atom. The SMILES string of the molecule is Cc1c(-c2ncc3scc(C(N)=O)c3n2)ccc(CF)c1C(=O)Nc1ccccc1. The highest BCUT2D eigenvalue weighted by molar-refractivity contribution is 7.17. The Bertz CT molecular complexity index is 1270. The van der Waals surface area contributed by atoms with Crippen LogP contribution in [-0.4, -0.2) is 21.8 Å². The van der Waals surface area contributed by atoms with Crippen LogP contribution in [0.1, 0.15) is 31.8 Å². The van der Waals surface area contributed by atoms with Gasteiger partial charge in [-0.3, -0.25) is 9.59 Å². The number of nitrogens with zero attached hydrogens (tertiary/aromatic N) is 2. The van der Waals surface area contributed by atoms with Crippen molar-refractivity contribution < 1.29 is 14.0 Å². The summed E-state index contributed by atoms with van der Waals surface area (Å²) in [6.07, 6.45) is 1.61. The van der Waals surface area contributed by atoms with Crippen molar-refractivity contribution in [1.29, 1.82) is 0 Å². The van der Waals surface area contributed by atoms with Crippen LogP contribution in [0.3, 0.4) is 0 Å². The van der Waals surface area contributed by atoms with E-state index in [0.29, 0.717) is 33.7 Å². The van der Waals surface area contributed by atoms with E-state index in [2.05, 4.69) is 15.3 Å². The molecule has 0 radical (unpaired) electrons. The van der Waals surface area contributed by atoms with Gasteiger partial charge in [-0.1, -0.05) is 30.3 Å². The second-order valence-corrected chi connectivity index (χ2v) is 7.56. The van der Waals surface area contributed by atoms with E-state index >= 15 is 0 Å². The van der Waals surface area contributed by atoms with Crippen molar-refractivity contribution in [2.75, 3.05) is 5.32 Å². The van der Waals surface area contributed by atoms with Crippen LogP contribution in [0.2, 0.25) is 0 Å². The van der Waals surface area contributed by atoms with Crippen LogP contribution in [0.5, 0.6) is 0 Å². The summed E-state index contributed by atoms with van der Waals surface area (Å²) in [5, 5.41) is 4.44. The zero-order valence-corrected chi connectivity index (χ0v) is 16.8. The molecule has 0 saturated heterocycles. The molecule has 0 unspecified atom stereocenters. The van der Waals surface area contributed by atoms with Gasteiger partial charge in [0, 0.05) is 28.4 Å². The fraction of sp³-hybridized carbons (Fsp3) is 0.0909. The Labute approximate surface area is 175 Å². The van der Waals surface area contributed by atoms with Crippen molar-refractivity contribution >= 4 is 39.1 Å². The first-order valence-corrected chi connectivity index (χ1v) is 9.96. The van der Waals surface area contributed by atoms with Gasteiger partial charge in [0.15, 0.2) is 5.82 Å². The van der Waals surface area contributed by atoms with E-state index in [4.69, 9.17) is 5.73 Å². The number of benzene rings is 2. The lowest BCUT2D eigenvalue weighted by atomic mass is 9.96. The number of halogens is 1. The number of anilines is 1. The summed E-state index contributed by atoms with van der Waals surface area (Å²) in [4.78, 5) is 33.5. The Morgan fingerprint density at radius 1 is 1.17 bits per heavy atom. The van der Waals surface area contributed by atoms with Gasteiger partial charge >= 0.3 is 0 Å². The monoisotopic (exact) mass is 420 g/mol. The van der Waals surface area contributed by atoms with Gasteiger partial charge in [0.1, 0.15) is 6.67 Å². The minimum absolute atomic E-state index is 0.239. The maximum atomic E-state index is 13.6. The molecule has 8 heteroatoms. The first-order valence-electron chi connectivity index (χ1n) is 9.09. The fourth-order valence-electron chi connectivity index (χ4n) is 3.29. The molecule has 0 aliphatic heterocycles. The number of nitrogens with one attached hydrogen (secondary N) is 1. The normalized spacial score (nSPS) is 10.9. The molecule has 0 aliphatic carbocycles. The molecule has 30 heavy (non-hydrogen) atoms. The number of fused-ring (bicyclic) bond motifs is 1. The molecule has 2 amide bonds. The zero-order valence-electron chi connectivity index (χ0n) is 16.0. The largest absolute Gasteiger partial charge is 0.366 e. The van der Waals surface area contributed by atoms with Gasteiger partial charge in [0.25, 0.3) is 11.8 Å². The average molecular weight is 420 g/mol. The fourth-order valence-corrected chi connectivity index (χ4v) is 4.14. The van der Waals surface area contributed by atoms with Crippen molar-refractivity contribution in [3.63, 3.8) is 0 Å². The molecule has 6 nitrogen and oxygen atoms in total. The van der Waals surface area contributed by atoms with Gasteiger partial charge < -0.3 is 11.1 Å². The number of aromatic nitrogens is 2. The highest BCUT2D eigenvalue weighted by atomic mass is 32.1. The summed E-state index contributed by atoms with van der Waals surface area (Å²) < 4.78 is 14.4. The maximum absolute atomic E-state index is 13.6. The van der Waals surface area contributed by atoms with Crippen molar-refractivity contribution in [3.8, 4) is 11.4 Å². The molecule has 0 saturated carbocycles. The van der Waals surface area contributed by atoms with E-state index in [1.807, 2.05) is 6.07 Å². The first-order chi connectivity index (χ1) is 14.5. The maximum Gasteiger partial charge on any atom is 0.256 e. The van der Waals surface area contributed by atoms with Crippen molar-refractivity contribution in [1.82, 2.24) is 9.97 Å². The number of primary amides is 1. The number of hydrogen-bond donors (Lipinski definition) is 2. The molecule has 150 valence electrons. The minimum atomic E-state index is -0.783. The van der Waals surface area contributed by atoms with Gasteiger partial charge in [-0.05, 0) is 30.2 Å². The van der Waals surface area contributed by atoms with E-state index in [9.17, 15) is 14.0 Å². The number of carbonyl (C=O) groups excluding carboxylic acids is 2. The number of thiophene rings is 1. The van der Waals surface area contributed by atoms with E-state index in [1.165, 1.54) is 11.3 Å². The Hall–Kier alpha value is -3.65. The summed E-state index contributed by atoms with van der Waals surface area (Å²) in [7, 11) is 0. The van der Waals surface area contributed by atoms with Gasteiger partial charge in [-0.2, -0.15) is 0 Å². The molecule has 2 heterocycles. The Morgan fingerprint density at radius 3 is 2.63 bits per heavy atom. The molecule has 0 fully saturated rings. The molecule has 0 aliphatic rings. The number of hydrogen-bond acceptors (Lipinski definition) is 5. The topological polar surface area (TPSA) is 98.0 Å². The smallest absolute Gasteiger partial charge is 0.256 e. The predicted octanol–water partition coefficient (Wildman–Crippen LogP) is 4.49. The molecule has 0 spiro atoms. The van der Waals surface area contributed by atoms with Crippen LogP contribution in [0.25, 0.3) is 21.6 Å². The number of amides is 2. The Kier molecular flexibility index (Phi) is 5.24. The van der Waals surface area contributed by atoms with E-state index < -0.39 is 18.5 Å². The van der Waals surface area contributed by atoms with Gasteiger partial charge in [0.05, 0.1) is 15.8 Å². The molecule has 0 atom stereocenters. The van der Waals surface area contributed by atoms with Gasteiger partial charge in [0.2, 0.25) is 0 Å². The summed E-state index contributed by atoms with van der Waals surface area (Å²) in [6, 6.07) is 12.2. The molecule has 2 aromatic carbocycles. The summed E-state index contributed by atoms with van der Waals surface area (Å²) in [6.45, 7) is 0.944. The van der Waals surface area contributed by atoms with Crippen LogP contribution in [0, 0.1) is 6.92 Å². The highest BCUT2D eigenvalue weighted by Crippen LogP contribution is 2.30. The molecule has 4 aromatic rings. The van der Waals surface area contributed by atoms with E-state index in [-0.39, 0.29) is 11.1 Å². The van der Waals surface area contributed by atoms with E-state index in [1.54, 1.807) is 54.9 Å². The number of carbonyl (C=O) groups is 2. The van der Waals surface area contributed by atoms with Gasteiger partial charge in [-0.15, -0.1) is 11.3 Å². The quantitative estimate of drug-likeness (QED) is 0.497. The highest BCUT2D eigenvalue weighted by Gasteiger charge is 2.20. The first kappa shape index (κ1) is 19.7.